The average molecular weight is 248 g/mol. The van der Waals surface area contributed by atoms with Crippen LogP contribution in [0.5, 0.6) is 0 Å². The quantitative estimate of drug-likeness (QED) is 0.874. The van der Waals surface area contributed by atoms with Crippen LogP contribution >= 0.6 is 0 Å². The standard InChI is InChI=1S/C14H24N4/c1-11-7-12(8-15)9-16-14(11)18-6-4-5-13(18)10-17(2)3/h7,9,13H,4-6,8,10,15H2,1-3H3. The van der Waals surface area contributed by atoms with Crippen LogP contribution in [-0.2, 0) is 6.54 Å². The Morgan fingerprint density at radius 2 is 2.28 bits per heavy atom. The van der Waals surface area contributed by atoms with Crippen LogP contribution in [0.15, 0.2) is 12.3 Å². The van der Waals surface area contributed by atoms with Crippen LogP contribution in [0.3, 0.4) is 0 Å². The predicted octanol–water partition coefficient (Wildman–Crippen LogP) is 1.38. The van der Waals surface area contributed by atoms with E-state index in [2.05, 4.69) is 41.9 Å². The van der Waals surface area contributed by atoms with E-state index in [1.54, 1.807) is 0 Å². The van der Waals surface area contributed by atoms with Crippen LogP contribution in [0.2, 0.25) is 0 Å². The summed E-state index contributed by atoms with van der Waals surface area (Å²) in [7, 11) is 4.27. The van der Waals surface area contributed by atoms with Crippen molar-refractivity contribution in [3.63, 3.8) is 0 Å². The first-order valence-corrected chi connectivity index (χ1v) is 6.68. The molecule has 4 nitrogen and oxygen atoms in total. The zero-order chi connectivity index (χ0) is 13.1. The first-order chi connectivity index (χ1) is 8.61. The van der Waals surface area contributed by atoms with Crippen LogP contribution in [0, 0.1) is 6.92 Å². The first kappa shape index (κ1) is 13.3. The van der Waals surface area contributed by atoms with Crippen molar-refractivity contribution in [2.45, 2.75) is 32.4 Å². The van der Waals surface area contributed by atoms with Crippen molar-refractivity contribution in [2.75, 3.05) is 32.1 Å². The molecule has 1 aromatic heterocycles. The summed E-state index contributed by atoms with van der Waals surface area (Å²) in [6.45, 7) is 4.91. The lowest BCUT2D eigenvalue weighted by Crippen LogP contribution is -2.38. The second-order valence-corrected chi connectivity index (χ2v) is 5.44. The summed E-state index contributed by atoms with van der Waals surface area (Å²) in [5, 5.41) is 0. The number of anilines is 1. The highest BCUT2D eigenvalue weighted by Gasteiger charge is 2.26. The molecule has 2 N–H and O–H groups in total. The SMILES string of the molecule is Cc1cc(CN)cnc1N1CCCC1CN(C)C. The highest BCUT2D eigenvalue weighted by atomic mass is 15.3. The van der Waals surface area contributed by atoms with Crippen molar-refractivity contribution in [1.29, 1.82) is 0 Å². The molecule has 0 aliphatic carbocycles. The Bertz CT molecular complexity index is 403. The van der Waals surface area contributed by atoms with Gasteiger partial charge in [0.2, 0.25) is 0 Å². The van der Waals surface area contributed by atoms with Crippen LogP contribution < -0.4 is 10.6 Å². The fraction of sp³-hybridized carbons (Fsp3) is 0.643. The molecule has 0 radical (unpaired) electrons. The molecule has 1 unspecified atom stereocenters. The van der Waals surface area contributed by atoms with E-state index < -0.39 is 0 Å². The average Bonchev–Trinajstić information content (AvgIpc) is 2.76. The second-order valence-electron chi connectivity index (χ2n) is 5.44. The van der Waals surface area contributed by atoms with Gasteiger partial charge < -0.3 is 15.5 Å². The number of nitrogens with two attached hydrogens (primary N) is 1. The van der Waals surface area contributed by atoms with Gasteiger partial charge in [-0.1, -0.05) is 0 Å². The summed E-state index contributed by atoms with van der Waals surface area (Å²) in [4.78, 5) is 9.33. The molecule has 1 aliphatic rings. The third kappa shape index (κ3) is 2.82. The lowest BCUT2D eigenvalue weighted by molar-refractivity contribution is 0.371. The van der Waals surface area contributed by atoms with E-state index >= 15 is 0 Å². The summed E-state index contributed by atoms with van der Waals surface area (Å²) < 4.78 is 0. The lowest BCUT2D eigenvalue weighted by atomic mass is 10.1. The molecule has 2 rings (SSSR count). The molecular weight excluding hydrogens is 224 g/mol. The number of nitrogens with zero attached hydrogens (tertiary/aromatic N) is 3. The molecule has 4 heteroatoms. The highest BCUT2D eigenvalue weighted by Crippen LogP contribution is 2.27. The molecule has 0 saturated carbocycles. The number of aromatic nitrogens is 1. The molecule has 1 aromatic rings. The number of rotatable bonds is 4. The molecule has 1 atom stereocenters. The van der Waals surface area contributed by atoms with Crippen LogP contribution in [0.25, 0.3) is 0 Å². The largest absolute Gasteiger partial charge is 0.352 e. The van der Waals surface area contributed by atoms with Gasteiger partial charge in [0.25, 0.3) is 0 Å². The summed E-state index contributed by atoms with van der Waals surface area (Å²) in [5.74, 6) is 1.14. The Balaban J connectivity index is 2.19. The monoisotopic (exact) mass is 248 g/mol. The number of hydrogen-bond donors (Lipinski definition) is 1. The lowest BCUT2D eigenvalue weighted by Gasteiger charge is -2.29. The van der Waals surface area contributed by atoms with Crippen molar-refractivity contribution >= 4 is 5.82 Å². The third-order valence-electron chi connectivity index (χ3n) is 3.57. The Labute approximate surface area is 110 Å². The molecule has 100 valence electrons. The molecule has 0 spiro atoms. The van der Waals surface area contributed by atoms with E-state index in [1.165, 1.54) is 18.4 Å². The van der Waals surface area contributed by atoms with Gasteiger partial charge in [-0.05, 0) is 51.1 Å². The van der Waals surface area contributed by atoms with E-state index in [4.69, 9.17) is 5.73 Å². The van der Waals surface area contributed by atoms with Gasteiger partial charge in [-0.15, -0.1) is 0 Å². The minimum atomic E-state index is 0.565. The maximum atomic E-state index is 5.66. The molecule has 0 bridgehead atoms. The molecule has 0 aromatic carbocycles. The van der Waals surface area contributed by atoms with E-state index in [1.807, 2.05) is 6.20 Å². The van der Waals surface area contributed by atoms with Crippen LogP contribution in [0.1, 0.15) is 24.0 Å². The number of hydrogen-bond acceptors (Lipinski definition) is 4. The molecule has 2 heterocycles. The van der Waals surface area contributed by atoms with Crippen molar-refractivity contribution in [2.24, 2.45) is 5.73 Å². The van der Waals surface area contributed by atoms with Crippen LogP contribution in [-0.4, -0.2) is 43.1 Å². The molecular formula is C14H24N4. The van der Waals surface area contributed by atoms with Crippen molar-refractivity contribution in [3.8, 4) is 0 Å². The first-order valence-electron chi connectivity index (χ1n) is 6.68. The van der Waals surface area contributed by atoms with Gasteiger partial charge in [-0.25, -0.2) is 4.98 Å². The van der Waals surface area contributed by atoms with Gasteiger partial charge in [0.1, 0.15) is 5.82 Å². The fourth-order valence-corrected chi connectivity index (χ4v) is 2.76. The smallest absolute Gasteiger partial charge is 0.131 e. The zero-order valence-corrected chi connectivity index (χ0v) is 11.7. The van der Waals surface area contributed by atoms with Crippen molar-refractivity contribution < 1.29 is 0 Å². The van der Waals surface area contributed by atoms with E-state index in [0.29, 0.717) is 12.6 Å². The topological polar surface area (TPSA) is 45.4 Å². The molecule has 0 amide bonds. The van der Waals surface area contributed by atoms with Gasteiger partial charge in [0.15, 0.2) is 0 Å². The summed E-state index contributed by atoms with van der Waals surface area (Å²) in [6, 6.07) is 2.75. The predicted molar refractivity (Wildman–Crippen MR) is 75.8 cm³/mol. The highest BCUT2D eigenvalue weighted by molar-refractivity contribution is 5.49. The molecule has 1 aliphatic heterocycles. The van der Waals surface area contributed by atoms with Gasteiger partial charge in [0, 0.05) is 31.9 Å². The number of pyridine rings is 1. The van der Waals surface area contributed by atoms with Gasteiger partial charge >= 0.3 is 0 Å². The minimum absolute atomic E-state index is 0.565. The van der Waals surface area contributed by atoms with Gasteiger partial charge in [-0.2, -0.15) is 0 Å². The number of aryl methyl sites for hydroxylation is 1. The van der Waals surface area contributed by atoms with Gasteiger partial charge in [-0.3, -0.25) is 0 Å². The normalized spacial score (nSPS) is 19.8. The Morgan fingerprint density at radius 1 is 1.50 bits per heavy atom. The number of likely N-dealkylation sites (N-methyl/N-ethyl adjacent to an activating group) is 1. The summed E-state index contributed by atoms with van der Waals surface area (Å²) in [5.41, 5.74) is 8.01. The second kappa shape index (κ2) is 5.67. The van der Waals surface area contributed by atoms with E-state index in [9.17, 15) is 0 Å². The summed E-state index contributed by atoms with van der Waals surface area (Å²) in [6.07, 6.45) is 4.43. The minimum Gasteiger partial charge on any atom is -0.352 e. The molecule has 18 heavy (non-hydrogen) atoms. The Hall–Kier alpha value is -1.13. The fourth-order valence-electron chi connectivity index (χ4n) is 2.76. The third-order valence-corrected chi connectivity index (χ3v) is 3.57. The van der Waals surface area contributed by atoms with E-state index in [0.717, 1.165) is 24.5 Å². The Morgan fingerprint density at radius 3 is 2.89 bits per heavy atom. The van der Waals surface area contributed by atoms with E-state index in [-0.39, 0.29) is 0 Å². The van der Waals surface area contributed by atoms with Crippen LogP contribution in [0.4, 0.5) is 5.82 Å². The zero-order valence-electron chi connectivity index (χ0n) is 11.7. The van der Waals surface area contributed by atoms with Crippen molar-refractivity contribution in [1.82, 2.24) is 9.88 Å². The maximum Gasteiger partial charge on any atom is 0.131 e. The van der Waals surface area contributed by atoms with Gasteiger partial charge in [0.05, 0.1) is 0 Å². The maximum absolute atomic E-state index is 5.66. The Kier molecular flexibility index (Phi) is 4.19. The summed E-state index contributed by atoms with van der Waals surface area (Å²) >= 11 is 0. The molecule has 1 saturated heterocycles. The molecule has 1 fully saturated rings. The van der Waals surface area contributed by atoms with Crippen molar-refractivity contribution in [3.05, 3.63) is 23.4 Å².